The van der Waals surface area contributed by atoms with Gasteiger partial charge >= 0.3 is 0 Å². The number of rotatable bonds is 2. The monoisotopic (exact) mass is 324 g/mol. The lowest BCUT2D eigenvalue weighted by Crippen LogP contribution is -2.42. The molecule has 0 saturated heterocycles. The molecule has 2 aromatic carbocycles. The summed E-state index contributed by atoms with van der Waals surface area (Å²) in [5.74, 6) is -0.173. The van der Waals surface area contributed by atoms with E-state index < -0.39 is 0 Å². The van der Waals surface area contributed by atoms with Crippen molar-refractivity contribution < 1.29 is 9.50 Å². The Morgan fingerprint density at radius 1 is 1.21 bits per heavy atom. The summed E-state index contributed by atoms with van der Waals surface area (Å²) in [6.07, 6.45) is 3.68. The lowest BCUT2D eigenvalue weighted by molar-refractivity contribution is 0.475. The van der Waals surface area contributed by atoms with E-state index in [0.717, 1.165) is 16.8 Å². The van der Waals surface area contributed by atoms with Crippen LogP contribution in [0, 0.1) is 5.82 Å². The predicted octanol–water partition coefficient (Wildman–Crippen LogP) is 4.91. The summed E-state index contributed by atoms with van der Waals surface area (Å²) < 4.78 is 14.5. The van der Waals surface area contributed by atoms with E-state index in [2.05, 4.69) is 29.8 Å². The van der Waals surface area contributed by atoms with E-state index in [0.29, 0.717) is 11.3 Å². The number of anilines is 1. The van der Waals surface area contributed by atoms with Gasteiger partial charge in [-0.05, 0) is 50.6 Å². The third-order valence-corrected chi connectivity index (χ3v) is 4.52. The second-order valence-electron chi connectivity index (χ2n) is 6.71. The van der Waals surface area contributed by atoms with Gasteiger partial charge in [0.1, 0.15) is 11.6 Å². The van der Waals surface area contributed by atoms with Crippen LogP contribution in [-0.4, -0.2) is 23.9 Å². The molecule has 0 atom stereocenters. The molecule has 0 aromatic heterocycles. The van der Waals surface area contributed by atoms with Crippen molar-refractivity contribution in [2.45, 2.75) is 26.3 Å². The maximum absolute atomic E-state index is 14.5. The molecule has 0 spiro atoms. The highest BCUT2D eigenvalue weighted by molar-refractivity contribution is 5.89. The van der Waals surface area contributed by atoms with Crippen molar-refractivity contribution >= 4 is 23.2 Å². The summed E-state index contributed by atoms with van der Waals surface area (Å²) in [5, 5.41) is 9.47. The van der Waals surface area contributed by atoms with Crippen LogP contribution in [0.2, 0.25) is 0 Å². The van der Waals surface area contributed by atoms with Crippen molar-refractivity contribution in [3.63, 3.8) is 0 Å². The van der Waals surface area contributed by atoms with Crippen LogP contribution in [0.5, 0.6) is 5.75 Å². The fraction of sp³-hybridized carbons (Fsp3) is 0.250. The van der Waals surface area contributed by atoms with Gasteiger partial charge < -0.3 is 10.0 Å². The van der Waals surface area contributed by atoms with E-state index in [9.17, 15) is 9.50 Å². The molecular formula is C20H21FN2O. The lowest BCUT2D eigenvalue weighted by Gasteiger charge is -2.40. The van der Waals surface area contributed by atoms with Crippen molar-refractivity contribution in [2.24, 2.45) is 4.99 Å². The Kier molecular flexibility index (Phi) is 3.91. The molecule has 0 amide bonds. The molecular weight excluding hydrogens is 303 g/mol. The first-order chi connectivity index (χ1) is 11.3. The third-order valence-electron chi connectivity index (χ3n) is 4.52. The first-order valence-corrected chi connectivity index (χ1v) is 7.88. The molecule has 124 valence electrons. The second kappa shape index (κ2) is 5.78. The molecule has 1 N–H and O–H groups in total. The highest BCUT2D eigenvalue weighted by atomic mass is 19.1. The number of phenolic OH excluding ortho intramolecular Hbond substituents is 1. The summed E-state index contributed by atoms with van der Waals surface area (Å²) in [7, 11) is 1.97. The van der Waals surface area contributed by atoms with E-state index >= 15 is 0 Å². The molecule has 2 aromatic rings. The van der Waals surface area contributed by atoms with Crippen molar-refractivity contribution in [3.8, 4) is 5.75 Å². The number of aliphatic imine (C=N–C) groups is 1. The lowest BCUT2D eigenvalue weighted by atomic mass is 9.88. The Bertz CT molecular complexity index is 853. The van der Waals surface area contributed by atoms with Gasteiger partial charge in [-0.25, -0.2) is 4.39 Å². The zero-order valence-electron chi connectivity index (χ0n) is 14.3. The molecule has 1 heterocycles. The van der Waals surface area contributed by atoms with Crippen LogP contribution >= 0.6 is 0 Å². The number of likely N-dealkylation sites (N-methyl/N-ethyl adjacent to an activating group) is 1. The molecule has 1 aliphatic rings. The number of halogens is 1. The summed E-state index contributed by atoms with van der Waals surface area (Å²) in [4.78, 5) is 6.34. The van der Waals surface area contributed by atoms with Crippen molar-refractivity contribution in [3.05, 3.63) is 59.4 Å². The maximum atomic E-state index is 14.5. The molecule has 0 saturated carbocycles. The molecule has 0 aliphatic carbocycles. The minimum Gasteiger partial charge on any atom is -0.508 e. The first-order valence-electron chi connectivity index (χ1n) is 7.88. The van der Waals surface area contributed by atoms with E-state index in [1.54, 1.807) is 24.3 Å². The molecule has 1 aliphatic heterocycles. The van der Waals surface area contributed by atoms with Crippen molar-refractivity contribution in [2.75, 3.05) is 11.9 Å². The van der Waals surface area contributed by atoms with Crippen LogP contribution in [0.4, 0.5) is 15.8 Å². The Hall–Kier alpha value is -2.62. The Morgan fingerprint density at radius 3 is 2.67 bits per heavy atom. The zero-order chi connectivity index (χ0) is 17.5. The topological polar surface area (TPSA) is 35.8 Å². The van der Waals surface area contributed by atoms with Gasteiger partial charge in [-0.3, -0.25) is 4.99 Å². The smallest absolute Gasteiger partial charge is 0.134 e. The fourth-order valence-electron chi connectivity index (χ4n) is 3.00. The fourth-order valence-corrected chi connectivity index (χ4v) is 3.00. The molecule has 3 nitrogen and oxygen atoms in total. The number of hydrogen-bond donors (Lipinski definition) is 1. The van der Waals surface area contributed by atoms with Crippen LogP contribution in [-0.2, 0) is 0 Å². The summed E-state index contributed by atoms with van der Waals surface area (Å²) in [5.41, 5.74) is 3.87. The first kappa shape index (κ1) is 16.2. The number of aromatic hydroxyl groups is 1. The molecule has 0 bridgehead atoms. The molecule has 3 rings (SSSR count). The minimum atomic E-state index is -0.310. The number of benzene rings is 2. The molecule has 24 heavy (non-hydrogen) atoms. The van der Waals surface area contributed by atoms with E-state index in [1.165, 1.54) is 12.3 Å². The van der Waals surface area contributed by atoms with Crippen LogP contribution in [0.15, 0.2) is 47.5 Å². The van der Waals surface area contributed by atoms with Gasteiger partial charge in [-0.15, -0.1) is 0 Å². The third kappa shape index (κ3) is 2.92. The normalized spacial score (nSPS) is 16.2. The van der Waals surface area contributed by atoms with Gasteiger partial charge in [0.05, 0.1) is 11.2 Å². The van der Waals surface area contributed by atoms with E-state index in [4.69, 9.17) is 0 Å². The van der Waals surface area contributed by atoms with Crippen LogP contribution < -0.4 is 4.90 Å². The van der Waals surface area contributed by atoms with Crippen LogP contribution in [0.3, 0.4) is 0 Å². The molecule has 4 heteroatoms. The largest absolute Gasteiger partial charge is 0.508 e. The Labute approximate surface area is 141 Å². The predicted molar refractivity (Wildman–Crippen MR) is 97.9 cm³/mol. The highest BCUT2D eigenvalue weighted by Gasteiger charge is 2.29. The van der Waals surface area contributed by atoms with Crippen molar-refractivity contribution in [1.29, 1.82) is 0 Å². The number of allylic oxidation sites excluding steroid dienone is 1. The quantitative estimate of drug-likeness (QED) is 0.796. The van der Waals surface area contributed by atoms with Gasteiger partial charge in [0, 0.05) is 36.1 Å². The zero-order valence-corrected chi connectivity index (χ0v) is 14.3. The van der Waals surface area contributed by atoms with Gasteiger partial charge in [0.15, 0.2) is 0 Å². The Morgan fingerprint density at radius 2 is 1.96 bits per heavy atom. The molecule has 0 unspecified atom stereocenters. The van der Waals surface area contributed by atoms with Crippen LogP contribution in [0.25, 0.3) is 5.57 Å². The highest BCUT2D eigenvalue weighted by Crippen LogP contribution is 2.38. The summed E-state index contributed by atoms with van der Waals surface area (Å²) >= 11 is 0. The second-order valence-corrected chi connectivity index (χ2v) is 6.71. The van der Waals surface area contributed by atoms with Gasteiger partial charge in [0.25, 0.3) is 0 Å². The van der Waals surface area contributed by atoms with E-state index in [-0.39, 0.29) is 17.1 Å². The average Bonchev–Trinajstić information content (AvgIpc) is 2.51. The summed E-state index contributed by atoms with van der Waals surface area (Å²) in [6, 6.07) is 9.97. The van der Waals surface area contributed by atoms with Gasteiger partial charge in [0.2, 0.25) is 0 Å². The summed E-state index contributed by atoms with van der Waals surface area (Å²) in [6.45, 7) is 6.25. The molecule has 0 fully saturated rings. The minimum absolute atomic E-state index is 0.137. The van der Waals surface area contributed by atoms with E-state index in [1.807, 2.05) is 20.0 Å². The van der Waals surface area contributed by atoms with Gasteiger partial charge in [-0.2, -0.15) is 0 Å². The number of nitrogens with zero attached hydrogens (tertiary/aromatic N) is 2. The standard InChI is InChI=1S/C20H21FN2O/c1-13-11-20(2,3)23(4)19-10-18(21)14(8-17(13)19)12-22-15-6-5-7-16(24)9-15/h5-12,24H,1-4H3. The average molecular weight is 324 g/mol. The number of hydrogen-bond acceptors (Lipinski definition) is 3. The van der Waals surface area contributed by atoms with Gasteiger partial charge in [-0.1, -0.05) is 12.1 Å². The Balaban J connectivity index is 2.02. The maximum Gasteiger partial charge on any atom is 0.134 e. The number of fused-ring (bicyclic) bond motifs is 1. The number of phenols is 1. The van der Waals surface area contributed by atoms with Crippen LogP contribution in [0.1, 0.15) is 31.9 Å². The molecule has 0 radical (unpaired) electrons. The SMILES string of the molecule is CC1=CC(C)(C)N(C)c2cc(F)c(C=Nc3cccc(O)c3)cc21. The van der Waals surface area contributed by atoms with Crippen molar-refractivity contribution in [1.82, 2.24) is 0 Å².